The molecule has 0 aromatic heterocycles. The summed E-state index contributed by atoms with van der Waals surface area (Å²) >= 11 is 6.19. The van der Waals surface area contributed by atoms with E-state index in [0.29, 0.717) is 10.6 Å². The number of anilines is 1. The molecule has 1 aliphatic rings. The van der Waals surface area contributed by atoms with E-state index in [1.807, 2.05) is 18.2 Å². The molecule has 0 amide bonds. The SMILES string of the molecule is CN(CC1(N(C)C)CCC1)c1ccc(C(=N)N)c(Cl)c1. The van der Waals surface area contributed by atoms with E-state index in [4.69, 9.17) is 22.7 Å². The molecule has 0 atom stereocenters. The molecule has 20 heavy (non-hydrogen) atoms. The normalized spacial score (nSPS) is 16.9. The summed E-state index contributed by atoms with van der Waals surface area (Å²) in [6.07, 6.45) is 3.78. The summed E-state index contributed by atoms with van der Waals surface area (Å²) in [5.74, 6) is 0.00737. The summed E-state index contributed by atoms with van der Waals surface area (Å²) in [5.41, 5.74) is 7.43. The summed E-state index contributed by atoms with van der Waals surface area (Å²) in [5, 5.41) is 8.00. The van der Waals surface area contributed by atoms with Crippen molar-refractivity contribution in [3.05, 3.63) is 28.8 Å². The molecular weight excluding hydrogens is 272 g/mol. The van der Waals surface area contributed by atoms with Crippen LogP contribution in [0.4, 0.5) is 5.69 Å². The van der Waals surface area contributed by atoms with Crippen LogP contribution in [0.15, 0.2) is 18.2 Å². The second kappa shape index (κ2) is 5.62. The summed E-state index contributed by atoms with van der Waals surface area (Å²) in [7, 11) is 6.39. The number of amidine groups is 1. The lowest BCUT2D eigenvalue weighted by Crippen LogP contribution is -2.56. The molecule has 2 rings (SSSR count). The van der Waals surface area contributed by atoms with Crippen LogP contribution in [-0.4, -0.2) is 44.0 Å². The molecule has 1 aromatic rings. The average molecular weight is 295 g/mol. The van der Waals surface area contributed by atoms with E-state index in [2.05, 4.69) is 30.9 Å². The molecule has 4 nitrogen and oxygen atoms in total. The number of likely N-dealkylation sites (N-methyl/N-ethyl adjacent to an activating group) is 2. The zero-order valence-electron chi connectivity index (χ0n) is 12.4. The molecular formula is C15H23ClN4. The smallest absolute Gasteiger partial charge is 0.124 e. The second-order valence-electron chi connectivity index (χ2n) is 5.91. The van der Waals surface area contributed by atoms with Crippen LogP contribution >= 0.6 is 11.6 Å². The van der Waals surface area contributed by atoms with Gasteiger partial charge in [-0.05, 0) is 51.6 Å². The largest absolute Gasteiger partial charge is 0.384 e. The maximum atomic E-state index is 7.47. The predicted octanol–water partition coefficient (Wildman–Crippen LogP) is 2.54. The van der Waals surface area contributed by atoms with E-state index in [9.17, 15) is 0 Å². The molecule has 110 valence electrons. The fourth-order valence-corrected chi connectivity index (χ4v) is 3.10. The van der Waals surface area contributed by atoms with Gasteiger partial charge >= 0.3 is 0 Å². The molecule has 0 spiro atoms. The van der Waals surface area contributed by atoms with Crippen LogP contribution in [-0.2, 0) is 0 Å². The molecule has 1 aromatic carbocycles. The van der Waals surface area contributed by atoms with Crippen molar-refractivity contribution in [2.24, 2.45) is 5.73 Å². The number of hydrogen-bond donors (Lipinski definition) is 2. The van der Waals surface area contributed by atoms with E-state index < -0.39 is 0 Å². The van der Waals surface area contributed by atoms with Crippen LogP contribution in [0.3, 0.4) is 0 Å². The summed E-state index contributed by atoms with van der Waals surface area (Å²) in [4.78, 5) is 4.56. The number of benzene rings is 1. The van der Waals surface area contributed by atoms with Crippen molar-refractivity contribution in [1.82, 2.24) is 4.90 Å². The lowest BCUT2D eigenvalue weighted by atomic mass is 9.75. The lowest BCUT2D eigenvalue weighted by Gasteiger charge is -2.49. The molecule has 0 bridgehead atoms. The first kappa shape index (κ1) is 15.1. The van der Waals surface area contributed by atoms with E-state index >= 15 is 0 Å². The Morgan fingerprint density at radius 2 is 2.00 bits per heavy atom. The Labute approximate surface area is 126 Å². The molecule has 0 radical (unpaired) electrons. The fourth-order valence-electron chi connectivity index (χ4n) is 2.82. The Bertz CT molecular complexity index is 509. The highest BCUT2D eigenvalue weighted by Gasteiger charge is 2.39. The molecule has 1 aliphatic carbocycles. The zero-order chi connectivity index (χ0) is 14.9. The lowest BCUT2D eigenvalue weighted by molar-refractivity contribution is 0.0683. The molecule has 1 saturated carbocycles. The number of nitrogen functional groups attached to an aromatic ring is 1. The van der Waals surface area contributed by atoms with Crippen LogP contribution in [0.1, 0.15) is 24.8 Å². The first-order valence-electron chi connectivity index (χ1n) is 6.88. The van der Waals surface area contributed by atoms with E-state index in [-0.39, 0.29) is 11.4 Å². The van der Waals surface area contributed by atoms with Gasteiger partial charge in [0.1, 0.15) is 5.84 Å². The number of nitrogens with two attached hydrogens (primary N) is 1. The summed E-state index contributed by atoms with van der Waals surface area (Å²) in [6.45, 7) is 0.982. The van der Waals surface area contributed by atoms with Gasteiger partial charge in [0.15, 0.2) is 0 Å². The predicted molar refractivity (Wildman–Crippen MR) is 86.0 cm³/mol. The van der Waals surface area contributed by atoms with Gasteiger partial charge in [-0.1, -0.05) is 11.6 Å². The van der Waals surface area contributed by atoms with Gasteiger partial charge in [0, 0.05) is 30.4 Å². The third kappa shape index (κ3) is 2.76. The Hall–Kier alpha value is -1.26. The van der Waals surface area contributed by atoms with Crippen molar-refractivity contribution >= 4 is 23.1 Å². The number of halogens is 1. The van der Waals surface area contributed by atoms with Crippen molar-refractivity contribution in [3.63, 3.8) is 0 Å². The van der Waals surface area contributed by atoms with Crippen LogP contribution in [0.2, 0.25) is 5.02 Å². The third-order valence-corrected chi connectivity index (χ3v) is 4.76. The number of nitrogens with one attached hydrogen (secondary N) is 1. The Morgan fingerprint density at radius 3 is 2.40 bits per heavy atom. The minimum atomic E-state index is 0.00737. The van der Waals surface area contributed by atoms with Crippen LogP contribution in [0, 0.1) is 5.41 Å². The molecule has 0 heterocycles. The van der Waals surface area contributed by atoms with Crippen LogP contribution in [0.25, 0.3) is 0 Å². The molecule has 3 N–H and O–H groups in total. The average Bonchev–Trinajstić information content (AvgIpc) is 2.32. The molecule has 0 aliphatic heterocycles. The van der Waals surface area contributed by atoms with Gasteiger partial charge in [-0.15, -0.1) is 0 Å². The molecule has 1 fully saturated rings. The van der Waals surface area contributed by atoms with Gasteiger partial charge in [0.05, 0.1) is 5.02 Å². The number of nitrogens with zero attached hydrogens (tertiary/aromatic N) is 2. The van der Waals surface area contributed by atoms with Crippen LogP contribution < -0.4 is 10.6 Å². The zero-order valence-corrected chi connectivity index (χ0v) is 13.2. The fraction of sp³-hybridized carbons (Fsp3) is 0.533. The topological polar surface area (TPSA) is 56.4 Å². The Morgan fingerprint density at radius 1 is 1.35 bits per heavy atom. The van der Waals surface area contributed by atoms with Gasteiger partial charge in [-0.25, -0.2) is 0 Å². The Kier molecular flexibility index (Phi) is 4.25. The minimum absolute atomic E-state index is 0.00737. The van der Waals surface area contributed by atoms with Crippen molar-refractivity contribution < 1.29 is 0 Å². The Balaban J connectivity index is 2.15. The van der Waals surface area contributed by atoms with Crippen molar-refractivity contribution in [3.8, 4) is 0 Å². The van der Waals surface area contributed by atoms with Crippen LogP contribution in [0.5, 0.6) is 0 Å². The maximum absolute atomic E-state index is 7.47. The molecule has 0 saturated heterocycles. The first-order valence-corrected chi connectivity index (χ1v) is 7.26. The second-order valence-corrected chi connectivity index (χ2v) is 6.31. The highest BCUT2D eigenvalue weighted by Crippen LogP contribution is 2.37. The highest BCUT2D eigenvalue weighted by molar-refractivity contribution is 6.34. The maximum Gasteiger partial charge on any atom is 0.124 e. The van der Waals surface area contributed by atoms with E-state index in [1.54, 1.807) is 0 Å². The summed E-state index contributed by atoms with van der Waals surface area (Å²) < 4.78 is 0. The molecule has 5 heteroatoms. The van der Waals surface area contributed by atoms with Crippen molar-refractivity contribution in [2.75, 3.05) is 32.6 Å². The van der Waals surface area contributed by atoms with Gasteiger partial charge in [0.2, 0.25) is 0 Å². The van der Waals surface area contributed by atoms with Crippen molar-refractivity contribution in [2.45, 2.75) is 24.8 Å². The van der Waals surface area contributed by atoms with Gasteiger partial charge in [-0.2, -0.15) is 0 Å². The van der Waals surface area contributed by atoms with Gasteiger partial charge in [0.25, 0.3) is 0 Å². The number of rotatable bonds is 5. The van der Waals surface area contributed by atoms with Gasteiger partial charge < -0.3 is 15.5 Å². The van der Waals surface area contributed by atoms with E-state index in [1.165, 1.54) is 19.3 Å². The molecule has 0 unspecified atom stereocenters. The minimum Gasteiger partial charge on any atom is -0.384 e. The standard InChI is InChI=1S/C15H23ClN4/c1-19(2)15(7-4-8-15)10-20(3)11-5-6-12(14(17)18)13(16)9-11/h5-6,9H,4,7-8,10H2,1-3H3,(H3,17,18). The number of hydrogen-bond acceptors (Lipinski definition) is 3. The monoisotopic (exact) mass is 294 g/mol. The highest BCUT2D eigenvalue weighted by atomic mass is 35.5. The first-order chi connectivity index (χ1) is 9.35. The quantitative estimate of drug-likeness (QED) is 0.648. The third-order valence-electron chi connectivity index (χ3n) is 4.45. The summed E-state index contributed by atoms with van der Waals surface area (Å²) in [6, 6.07) is 5.69. The van der Waals surface area contributed by atoms with E-state index in [0.717, 1.165) is 12.2 Å². The van der Waals surface area contributed by atoms with Crippen molar-refractivity contribution in [1.29, 1.82) is 5.41 Å². The van der Waals surface area contributed by atoms with Gasteiger partial charge in [-0.3, -0.25) is 5.41 Å².